The molecule has 0 saturated heterocycles. The lowest BCUT2D eigenvalue weighted by Crippen LogP contribution is -2.04. The van der Waals surface area contributed by atoms with E-state index in [0.29, 0.717) is 10.7 Å². The van der Waals surface area contributed by atoms with Crippen LogP contribution in [0.15, 0.2) is 24.3 Å². The highest BCUT2D eigenvalue weighted by Crippen LogP contribution is 2.24. The van der Waals surface area contributed by atoms with Crippen LogP contribution in [0, 0.1) is 5.82 Å². The van der Waals surface area contributed by atoms with Crippen LogP contribution in [-0.4, -0.2) is 22.8 Å². The second-order valence-electron chi connectivity index (χ2n) is 3.51. The zero-order chi connectivity index (χ0) is 13.1. The third kappa shape index (κ3) is 2.51. The van der Waals surface area contributed by atoms with Gasteiger partial charge in [0.2, 0.25) is 0 Å². The molecule has 0 atom stereocenters. The summed E-state index contributed by atoms with van der Waals surface area (Å²) in [6.07, 6.45) is 0. The molecule has 0 bridgehead atoms. The number of nitrogens with zero attached hydrogens (tertiary/aromatic N) is 1. The van der Waals surface area contributed by atoms with E-state index in [1.54, 1.807) is 13.0 Å². The van der Waals surface area contributed by atoms with Crippen LogP contribution in [0.3, 0.4) is 0 Å². The van der Waals surface area contributed by atoms with Gasteiger partial charge in [-0.25, -0.2) is 9.18 Å². The van der Waals surface area contributed by atoms with E-state index in [1.165, 1.54) is 18.2 Å². The number of nitrogens with one attached hydrogen (secondary N) is 1. The monoisotopic (exact) mass is 268 g/mol. The van der Waals surface area contributed by atoms with Crippen LogP contribution < -0.4 is 0 Å². The van der Waals surface area contributed by atoms with Crippen molar-refractivity contribution in [3.05, 3.63) is 40.8 Å². The van der Waals surface area contributed by atoms with E-state index in [0.717, 1.165) is 0 Å². The fraction of sp³-hybridized carbons (Fsp3) is 0.167. The van der Waals surface area contributed by atoms with Crippen molar-refractivity contribution < 1.29 is 13.9 Å². The Hall–Kier alpha value is -1.88. The van der Waals surface area contributed by atoms with Gasteiger partial charge in [-0.3, -0.25) is 5.10 Å². The lowest BCUT2D eigenvalue weighted by atomic mass is 10.1. The van der Waals surface area contributed by atoms with Crippen LogP contribution in [0.2, 0.25) is 5.02 Å². The predicted molar refractivity (Wildman–Crippen MR) is 64.9 cm³/mol. The Morgan fingerprint density at radius 3 is 2.94 bits per heavy atom. The summed E-state index contributed by atoms with van der Waals surface area (Å²) >= 11 is 5.66. The molecule has 1 aromatic heterocycles. The standard InChI is InChI=1S/C12H10ClFN2O2/c1-2-18-12(17)11-6-10(15-16-11)8-4-3-7(13)5-9(8)14/h3-6H,2H2,1H3,(H,15,16). The zero-order valence-corrected chi connectivity index (χ0v) is 10.3. The third-order valence-corrected chi connectivity index (χ3v) is 2.52. The molecule has 94 valence electrons. The molecule has 0 radical (unpaired) electrons. The average Bonchev–Trinajstić information content (AvgIpc) is 2.78. The van der Waals surface area contributed by atoms with Gasteiger partial charge in [-0.2, -0.15) is 5.10 Å². The van der Waals surface area contributed by atoms with Crippen LogP contribution >= 0.6 is 11.6 Å². The Bertz CT molecular complexity index is 583. The van der Waals surface area contributed by atoms with Crippen LogP contribution in [0.5, 0.6) is 0 Å². The van der Waals surface area contributed by atoms with E-state index in [-0.39, 0.29) is 17.9 Å². The summed E-state index contributed by atoms with van der Waals surface area (Å²) in [5.74, 6) is -1.02. The van der Waals surface area contributed by atoms with E-state index in [4.69, 9.17) is 16.3 Å². The Morgan fingerprint density at radius 1 is 1.50 bits per heavy atom. The lowest BCUT2D eigenvalue weighted by Gasteiger charge is -1.99. The molecule has 0 spiro atoms. The molecule has 18 heavy (non-hydrogen) atoms. The largest absolute Gasteiger partial charge is 0.461 e. The number of aromatic amines is 1. The summed E-state index contributed by atoms with van der Waals surface area (Å²) in [5, 5.41) is 6.68. The maximum atomic E-state index is 13.6. The first-order valence-corrected chi connectivity index (χ1v) is 5.67. The number of benzene rings is 1. The van der Waals surface area contributed by atoms with Gasteiger partial charge in [-0.15, -0.1) is 0 Å². The zero-order valence-electron chi connectivity index (χ0n) is 9.54. The number of carbonyl (C=O) groups is 1. The van der Waals surface area contributed by atoms with Crippen molar-refractivity contribution in [3.63, 3.8) is 0 Å². The number of rotatable bonds is 3. The van der Waals surface area contributed by atoms with Crippen LogP contribution in [0.25, 0.3) is 11.3 Å². The van der Waals surface area contributed by atoms with Gasteiger partial charge in [0.05, 0.1) is 12.3 Å². The van der Waals surface area contributed by atoms with Gasteiger partial charge in [0, 0.05) is 10.6 Å². The number of hydrogen-bond donors (Lipinski definition) is 1. The summed E-state index contributed by atoms with van der Waals surface area (Å²) in [6.45, 7) is 1.97. The Kier molecular flexibility index (Phi) is 3.62. The number of H-pyrrole nitrogens is 1. The van der Waals surface area contributed by atoms with Gasteiger partial charge in [0.25, 0.3) is 0 Å². The number of ether oxygens (including phenoxy) is 1. The maximum absolute atomic E-state index is 13.6. The van der Waals surface area contributed by atoms with Crippen molar-refractivity contribution in [2.45, 2.75) is 6.92 Å². The normalized spacial score (nSPS) is 10.4. The van der Waals surface area contributed by atoms with Crippen molar-refractivity contribution in [1.82, 2.24) is 10.2 Å². The number of hydrogen-bond acceptors (Lipinski definition) is 3. The topological polar surface area (TPSA) is 55.0 Å². The minimum absolute atomic E-state index is 0.182. The number of esters is 1. The molecule has 0 aliphatic rings. The number of carbonyl (C=O) groups excluding carboxylic acids is 1. The molecular weight excluding hydrogens is 259 g/mol. The molecule has 0 aliphatic heterocycles. The molecule has 0 fully saturated rings. The van der Waals surface area contributed by atoms with Crippen LogP contribution in [0.4, 0.5) is 4.39 Å². The SMILES string of the molecule is CCOC(=O)c1cc(-c2ccc(Cl)cc2F)n[nH]1. The lowest BCUT2D eigenvalue weighted by molar-refractivity contribution is 0.0519. The minimum atomic E-state index is -0.523. The van der Waals surface area contributed by atoms with E-state index < -0.39 is 11.8 Å². The molecular formula is C12H10ClFN2O2. The van der Waals surface area contributed by atoms with E-state index in [1.807, 2.05) is 0 Å². The molecule has 0 aliphatic carbocycles. The van der Waals surface area contributed by atoms with Crippen LogP contribution in [0.1, 0.15) is 17.4 Å². The molecule has 0 amide bonds. The molecule has 1 N–H and O–H groups in total. The van der Waals surface area contributed by atoms with Crippen molar-refractivity contribution in [1.29, 1.82) is 0 Å². The van der Waals surface area contributed by atoms with Crippen LogP contribution in [-0.2, 0) is 4.74 Å². The number of aromatic nitrogens is 2. The first-order chi connectivity index (χ1) is 8.61. The fourth-order valence-electron chi connectivity index (χ4n) is 1.47. The van der Waals surface area contributed by atoms with Crippen molar-refractivity contribution >= 4 is 17.6 Å². The molecule has 4 nitrogen and oxygen atoms in total. The summed E-state index contributed by atoms with van der Waals surface area (Å²) < 4.78 is 18.4. The Labute approximate surface area is 108 Å². The number of halogens is 2. The Morgan fingerprint density at radius 2 is 2.28 bits per heavy atom. The first kappa shape index (κ1) is 12.6. The molecule has 2 aromatic rings. The summed E-state index contributed by atoms with van der Waals surface area (Å²) in [6, 6.07) is 5.68. The average molecular weight is 269 g/mol. The first-order valence-electron chi connectivity index (χ1n) is 5.29. The van der Waals surface area contributed by atoms with Gasteiger partial charge < -0.3 is 4.74 Å². The minimum Gasteiger partial charge on any atom is -0.461 e. The predicted octanol–water partition coefficient (Wildman–Crippen LogP) is 3.05. The van der Waals surface area contributed by atoms with Gasteiger partial charge in [0.15, 0.2) is 0 Å². The molecule has 0 unspecified atom stereocenters. The molecule has 6 heteroatoms. The van der Waals surface area contributed by atoms with Gasteiger partial charge in [-0.05, 0) is 31.2 Å². The van der Waals surface area contributed by atoms with Crippen molar-refractivity contribution in [2.24, 2.45) is 0 Å². The highest BCUT2D eigenvalue weighted by atomic mass is 35.5. The molecule has 1 heterocycles. The fourth-order valence-corrected chi connectivity index (χ4v) is 1.63. The summed E-state index contributed by atoms with van der Waals surface area (Å²) in [4.78, 5) is 11.4. The highest BCUT2D eigenvalue weighted by molar-refractivity contribution is 6.30. The van der Waals surface area contributed by atoms with Gasteiger partial charge in [-0.1, -0.05) is 11.6 Å². The van der Waals surface area contributed by atoms with E-state index >= 15 is 0 Å². The highest BCUT2D eigenvalue weighted by Gasteiger charge is 2.14. The summed E-state index contributed by atoms with van der Waals surface area (Å²) in [7, 11) is 0. The molecule has 2 rings (SSSR count). The van der Waals surface area contributed by atoms with E-state index in [2.05, 4.69) is 10.2 Å². The van der Waals surface area contributed by atoms with Crippen molar-refractivity contribution in [2.75, 3.05) is 6.61 Å². The third-order valence-electron chi connectivity index (χ3n) is 2.28. The van der Waals surface area contributed by atoms with Crippen molar-refractivity contribution in [3.8, 4) is 11.3 Å². The summed E-state index contributed by atoms with van der Waals surface area (Å²) in [5.41, 5.74) is 0.777. The van der Waals surface area contributed by atoms with E-state index in [9.17, 15) is 9.18 Å². The maximum Gasteiger partial charge on any atom is 0.356 e. The second-order valence-corrected chi connectivity index (χ2v) is 3.95. The Balaban J connectivity index is 2.32. The van der Waals surface area contributed by atoms with Gasteiger partial charge >= 0.3 is 5.97 Å². The second kappa shape index (κ2) is 5.18. The smallest absolute Gasteiger partial charge is 0.356 e. The quantitative estimate of drug-likeness (QED) is 0.871. The van der Waals surface area contributed by atoms with Gasteiger partial charge in [0.1, 0.15) is 11.5 Å². The molecule has 1 aromatic carbocycles. The molecule has 0 saturated carbocycles.